The highest BCUT2D eigenvalue weighted by atomic mass is 19.1. The molecule has 0 saturated heterocycles. The van der Waals surface area contributed by atoms with Gasteiger partial charge in [0.2, 0.25) is 0 Å². The van der Waals surface area contributed by atoms with Crippen molar-refractivity contribution in [1.82, 2.24) is 5.32 Å². The molecule has 1 heterocycles. The van der Waals surface area contributed by atoms with Crippen molar-refractivity contribution in [3.05, 3.63) is 41.2 Å². The van der Waals surface area contributed by atoms with Gasteiger partial charge in [-0.1, -0.05) is 12.1 Å². The van der Waals surface area contributed by atoms with Crippen molar-refractivity contribution in [3.63, 3.8) is 0 Å². The van der Waals surface area contributed by atoms with Crippen LogP contribution in [0.2, 0.25) is 0 Å². The van der Waals surface area contributed by atoms with Gasteiger partial charge in [0, 0.05) is 6.04 Å². The Morgan fingerprint density at radius 3 is 2.59 bits per heavy atom. The number of hydrogen-bond donors (Lipinski definition) is 1. The van der Waals surface area contributed by atoms with E-state index in [9.17, 15) is 19.2 Å². The maximum absolute atomic E-state index is 13.1. The molecule has 2 rings (SSSR count). The summed E-state index contributed by atoms with van der Waals surface area (Å²) in [4.78, 5) is 24.2. The average Bonchev–Trinajstić information content (AvgIpc) is 2.47. The molecule has 0 spiro atoms. The van der Waals surface area contributed by atoms with Crippen LogP contribution in [0.3, 0.4) is 0 Å². The van der Waals surface area contributed by atoms with Crippen molar-refractivity contribution in [3.8, 4) is 6.07 Å². The largest absolute Gasteiger partial charge is 0.465 e. The van der Waals surface area contributed by atoms with Gasteiger partial charge in [-0.2, -0.15) is 5.26 Å². The van der Waals surface area contributed by atoms with Crippen molar-refractivity contribution in [2.45, 2.75) is 19.9 Å². The molecule has 0 aromatic heterocycles. The molecule has 22 heavy (non-hydrogen) atoms. The lowest BCUT2D eigenvalue weighted by Gasteiger charge is -2.30. The fraction of sp³-hybridized carbons (Fsp3) is 0.312. The van der Waals surface area contributed by atoms with E-state index in [0.29, 0.717) is 5.56 Å². The highest BCUT2D eigenvalue weighted by Gasteiger charge is 2.39. The minimum Gasteiger partial charge on any atom is -0.465 e. The van der Waals surface area contributed by atoms with Crippen LogP contribution < -0.4 is 5.32 Å². The zero-order valence-corrected chi connectivity index (χ0v) is 12.2. The van der Waals surface area contributed by atoms with Crippen molar-refractivity contribution < 1.29 is 18.7 Å². The zero-order chi connectivity index (χ0) is 16.3. The molecule has 114 valence electrons. The lowest BCUT2D eigenvalue weighted by molar-refractivity contribution is -0.146. The third-order valence-electron chi connectivity index (χ3n) is 3.47. The summed E-state index contributed by atoms with van der Waals surface area (Å²) >= 11 is 0. The third kappa shape index (κ3) is 2.84. The van der Waals surface area contributed by atoms with E-state index in [-0.39, 0.29) is 17.8 Å². The van der Waals surface area contributed by atoms with E-state index in [1.165, 1.54) is 24.3 Å². The second-order valence-electron chi connectivity index (χ2n) is 4.90. The topological polar surface area (TPSA) is 79.2 Å². The van der Waals surface area contributed by atoms with Gasteiger partial charge in [-0.3, -0.25) is 9.59 Å². The minimum atomic E-state index is -0.808. The first-order valence-electron chi connectivity index (χ1n) is 6.87. The molecule has 1 aromatic carbocycles. The maximum atomic E-state index is 13.1. The third-order valence-corrected chi connectivity index (χ3v) is 3.47. The summed E-state index contributed by atoms with van der Waals surface area (Å²) in [5.74, 6) is -2.32. The van der Waals surface area contributed by atoms with Gasteiger partial charge in [-0.25, -0.2) is 4.39 Å². The molecule has 1 aliphatic heterocycles. The number of benzene rings is 1. The molecule has 0 radical (unpaired) electrons. The van der Waals surface area contributed by atoms with Crippen molar-refractivity contribution in [2.75, 3.05) is 6.61 Å². The molecular weight excluding hydrogens is 287 g/mol. The highest BCUT2D eigenvalue weighted by molar-refractivity contribution is 6.10. The van der Waals surface area contributed by atoms with Gasteiger partial charge < -0.3 is 10.1 Å². The first-order chi connectivity index (χ1) is 10.5. The molecular formula is C16H15FN2O3. The van der Waals surface area contributed by atoms with Crippen LogP contribution in [-0.4, -0.2) is 24.5 Å². The van der Waals surface area contributed by atoms with Gasteiger partial charge in [0.15, 0.2) is 0 Å². The molecule has 6 heteroatoms. The van der Waals surface area contributed by atoms with Crippen molar-refractivity contribution in [1.29, 1.82) is 5.26 Å². The van der Waals surface area contributed by atoms with Crippen LogP contribution in [0.4, 0.5) is 4.39 Å². The number of ether oxygens (including phenoxy) is 1. The molecule has 2 unspecified atom stereocenters. The number of carbonyl (C=O) groups is 2. The number of nitrogens with zero attached hydrogens (tertiary/aromatic N) is 1. The van der Waals surface area contributed by atoms with E-state index in [1.807, 2.05) is 6.07 Å². The summed E-state index contributed by atoms with van der Waals surface area (Å²) in [6.45, 7) is 3.53. The van der Waals surface area contributed by atoms with E-state index in [2.05, 4.69) is 5.32 Å². The fourth-order valence-electron chi connectivity index (χ4n) is 2.51. The van der Waals surface area contributed by atoms with Gasteiger partial charge in [0.1, 0.15) is 23.4 Å². The quantitative estimate of drug-likeness (QED) is 0.863. The number of esters is 1. The molecule has 0 fully saturated rings. The molecule has 1 aromatic rings. The second-order valence-corrected chi connectivity index (χ2v) is 4.90. The van der Waals surface area contributed by atoms with Crippen LogP contribution in [0.15, 0.2) is 29.8 Å². The van der Waals surface area contributed by atoms with Crippen molar-refractivity contribution in [2.24, 2.45) is 5.92 Å². The number of amides is 1. The predicted molar refractivity (Wildman–Crippen MR) is 76.7 cm³/mol. The number of hydrogen-bond acceptors (Lipinski definition) is 4. The lowest BCUT2D eigenvalue weighted by atomic mass is 9.81. The zero-order valence-electron chi connectivity index (χ0n) is 12.2. The molecule has 1 N–H and O–H groups in total. The first-order valence-corrected chi connectivity index (χ1v) is 6.87. The molecule has 1 amide bonds. The molecule has 0 bridgehead atoms. The monoisotopic (exact) mass is 302 g/mol. The second kappa shape index (κ2) is 6.39. The Kier molecular flexibility index (Phi) is 4.56. The predicted octanol–water partition coefficient (Wildman–Crippen LogP) is 1.80. The molecule has 1 aliphatic rings. The van der Waals surface area contributed by atoms with E-state index >= 15 is 0 Å². The molecule has 0 aliphatic carbocycles. The van der Waals surface area contributed by atoms with Crippen LogP contribution >= 0.6 is 0 Å². The van der Waals surface area contributed by atoms with Gasteiger partial charge in [-0.15, -0.1) is 0 Å². The van der Waals surface area contributed by atoms with E-state index in [4.69, 9.17) is 4.74 Å². The van der Waals surface area contributed by atoms with Gasteiger partial charge in [0.25, 0.3) is 5.91 Å². The Morgan fingerprint density at radius 1 is 1.41 bits per heavy atom. The maximum Gasteiger partial charge on any atom is 0.315 e. The van der Waals surface area contributed by atoms with Crippen LogP contribution in [0.1, 0.15) is 19.4 Å². The Hall–Kier alpha value is -2.68. The van der Waals surface area contributed by atoms with Crippen LogP contribution in [0.25, 0.3) is 5.57 Å². The van der Waals surface area contributed by atoms with Gasteiger partial charge in [0.05, 0.1) is 6.61 Å². The Bertz CT molecular complexity index is 674. The fourth-order valence-corrected chi connectivity index (χ4v) is 2.51. The lowest BCUT2D eigenvalue weighted by Crippen LogP contribution is -2.47. The van der Waals surface area contributed by atoms with Crippen LogP contribution in [-0.2, 0) is 14.3 Å². The number of carbonyl (C=O) groups excluding carboxylic acids is 2. The smallest absolute Gasteiger partial charge is 0.315 e. The summed E-state index contributed by atoms with van der Waals surface area (Å²) in [5.41, 5.74) is 0.581. The summed E-state index contributed by atoms with van der Waals surface area (Å²) in [6, 6.07) is 6.63. The first kappa shape index (κ1) is 15.7. The molecule has 0 saturated carbocycles. The number of halogens is 1. The van der Waals surface area contributed by atoms with Crippen LogP contribution in [0, 0.1) is 23.1 Å². The van der Waals surface area contributed by atoms with Crippen molar-refractivity contribution >= 4 is 17.4 Å². The highest BCUT2D eigenvalue weighted by Crippen LogP contribution is 2.33. The SMILES string of the molecule is CCOC(=O)C1C(c2ccc(F)cc2)=C(C#N)C(=O)NC1C. The van der Waals surface area contributed by atoms with E-state index < -0.39 is 29.7 Å². The Morgan fingerprint density at radius 2 is 2.05 bits per heavy atom. The summed E-state index contributed by atoms with van der Waals surface area (Å²) < 4.78 is 18.2. The van der Waals surface area contributed by atoms with Gasteiger partial charge >= 0.3 is 5.97 Å². The summed E-state index contributed by atoms with van der Waals surface area (Å²) in [6.07, 6.45) is 0. The van der Waals surface area contributed by atoms with Crippen LogP contribution in [0.5, 0.6) is 0 Å². The van der Waals surface area contributed by atoms with E-state index in [0.717, 1.165) is 0 Å². The summed E-state index contributed by atoms with van der Waals surface area (Å²) in [5, 5.41) is 11.9. The molecule has 5 nitrogen and oxygen atoms in total. The average molecular weight is 302 g/mol. The Labute approximate surface area is 127 Å². The number of rotatable bonds is 3. The molecule has 2 atom stereocenters. The van der Waals surface area contributed by atoms with E-state index in [1.54, 1.807) is 13.8 Å². The normalized spacial score (nSPS) is 21.1. The van der Waals surface area contributed by atoms with Gasteiger partial charge in [-0.05, 0) is 37.1 Å². The summed E-state index contributed by atoms with van der Waals surface area (Å²) in [7, 11) is 0. The minimum absolute atomic E-state index is 0.150. The Balaban J connectivity index is 2.61. The number of nitrogens with one attached hydrogen (secondary N) is 1. The number of nitriles is 1. The standard InChI is InChI=1S/C16H15FN2O3/c1-3-22-16(21)13-9(2)19-15(20)12(8-18)14(13)10-4-6-11(17)7-5-10/h4-7,9,13H,3H2,1-2H3,(H,19,20).